The second kappa shape index (κ2) is 35.6. The first-order valence-corrected chi connectivity index (χ1v) is 40.3. The number of aryl methyl sites for hydroxylation is 2. The largest absolute Gasteiger partial charge is 0.452 e. The van der Waals surface area contributed by atoms with Gasteiger partial charge in [0, 0.05) is 92.3 Å². The molecule has 0 radical (unpaired) electrons. The number of fused-ring (bicyclic) bond motifs is 4. The number of aliphatic hydroxyl groups is 1. The van der Waals surface area contributed by atoms with Crippen molar-refractivity contribution in [2.24, 2.45) is 29.6 Å². The fourth-order valence-corrected chi connectivity index (χ4v) is 17.1. The number of benzene rings is 4. The molecule has 18 heteroatoms. The Balaban J connectivity index is 0.000000137. The predicted octanol–water partition coefficient (Wildman–Crippen LogP) is 20.6. The Labute approximate surface area is 631 Å². The van der Waals surface area contributed by atoms with E-state index in [4.69, 9.17) is 19.2 Å². The Bertz CT molecular complexity index is 3940. The topological polar surface area (TPSA) is 154 Å². The van der Waals surface area contributed by atoms with E-state index >= 15 is 4.39 Å². The molecule has 15 rings (SSSR count). The number of alkyl halides is 3. The maximum atomic E-state index is 15.3. The van der Waals surface area contributed by atoms with E-state index in [1.54, 1.807) is 16.8 Å². The Morgan fingerprint density at radius 1 is 0.642 bits per heavy atom. The van der Waals surface area contributed by atoms with Gasteiger partial charge in [0.25, 0.3) is 11.8 Å². The molecular formula is C88H126F3N9O6. The van der Waals surface area contributed by atoms with Crippen LogP contribution in [0.3, 0.4) is 0 Å². The molecule has 5 fully saturated rings. The summed E-state index contributed by atoms with van der Waals surface area (Å²) in [4.78, 5) is 33.8. The first-order chi connectivity index (χ1) is 50.3. The molecule has 0 spiro atoms. The van der Waals surface area contributed by atoms with Crippen molar-refractivity contribution in [3.63, 3.8) is 0 Å². The van der Waals surface area contributed by atoms with E-state index in [0.29, 0.717) is 76.4 Å². The smallest absolute Gasteiger partial charge is 0.411 e. The van der Waals surface area contributed by atoms with Gasteiger partial charge < -0.3 is 34.1 Å². The average Bonchev–Trinajstić information content (AvgIpc) is 1.53. The van der Waals surface area contributed by atoms with Crippen LogP contribution in [-0.4, -0.2) is 98.9 Å². The number of ether oxygens (including phenoxy) is 3. The van der Waals surface area contributed by atoms with E-state index in [1.807, 2.05) is 86.7 Å². The monoisotopic (exact) mass is 1460 g/mol. The number of imidazole rings is 1. The molecule has 106 heavy (non-hydrogen) atoms. The highest BCUT2D eigenvalue weighted by atomic mass is 19.3. The van der Waals surface area contributed by atoms with Crippen molar-refractivity contribution in [2.75, 3.05) is 13.1 Å². The second-order valence-electron chi connectivity index (χ2n) is 34.1. The zero-order valence-corrected chi connectivity index (χ0v) is 66.9. The third-order valence-electron chi connectivity index (χ3n) is 22.5. The number of likely N-dealkylation sites (tertiary alicyclic amines) is 2. The SMILES string of the molecule is CC(C)C1CCCN1C(=O)C1CCCC1.CC(C)[C@@H]1C[C@@H](OCc2ccccc2)CN1.CC(C)[C@H]1CC[C@@H](c2ccccc2)N1C(=O)OC(C)(C)C.CC(C)c1nc2cccc3c2n1CCC3.CC(C)n1nc(C(C)(F)F)c2c1C(O)C1CC21.CC(C)n1nc(C(C)(F)Oc2ccccc2)c2c1CCCC2. The van der Waals surface area contributed by atoms with E-state index in [0.717, 1.165) is 103 Å². The number of rotatable bonds is 15. The summed E-state index contributed by atoms with van der Waals surface area (Å²) in [6.07, 6.45) is 17.4. The molecule has 5 unspecified atom stereocenters. The molecule has 7 heterocycles. The molecule has 4 aromatic carbocycles. The van der Waals surface area contributed by atoms with E-state index in [-0.39, 0.29) is 47.8 Å². The summed E-state index contributed by atoms with van der Waals surface area (Å²) < 4.78 is 65.5. The van der Waals surface area contributed by atoms with Crippen LogP contribution in [0.5, 0.6) is 5.75 Å². The lowest BCUT2D eigenvalue weighted by molar-refractivity contribution is -0.136. The Kier molecular flexibility index (Phi) is 27.3. The lowest BCUT2D eigenvalue weighted by Gasteiger charge is -2.34. The van der Waals surface area contributed by atoms with Crippen LogP contribution in [0.4, 0.5) is 18.0 Å². The normalized spacial score (nSPS) is 22.9. The summed E-state index contributed by atoms with van der Waals surface area (Å²) in [5, 5.41) is 22.2. The maximum Gasteiger partial charge on any atom is 0.411 e. The van der Waals surface area contributed by atoms with Gasteiger partial charge in [0.2, 0.25) is 5.91 Å². The van der Waals surface area contributed by atoms with E-state index in [2.05, 4.69) is 149 Å². The number of nitrogens with one attached hydrogen (secondary N) is 1. The zero-order valence-electron chi connectivity index (χ0n) is 66.9. The van der Waals surface area contributed by atoms with Crippen LogP contribution in [-0.2, 0) is 58.5 Å². The lowest BCUT2D eigenvalue weighted by Crippen LogP contribution is -2.43. The third kappa shape index (κ3) is 19.9. The minimum Gasteiger partial charge on any atom is -0.452 e. The fourth-order valence-electron chi connectivity index (χ4n) is 17.1. The van der Waals surface area contributed by atoms with Crippen LogP contribution in [0.2, 0.25) is 0 Å². The van der Waals surface area contributed by atoms with Gasteiger partial charge in [0.05, 0.1) is 41.6 Å². The molecule has 8 aliphatic rings. The van der Waals surface area contributed by atoms with Gasteiger partial charge in [-0.25, -0.2) is 9.78 Å². The van der Waals surface area contributed by atoms with E-state index in [1.165, 1.54) is 84.7 Å². The van der Waals surface area contributed by atoms with E-state index < -0.39 is 23.5 Å². The number of hydrogen-bond donors (Lipinski definition) is 2. The van der Waals surface area contributed by atoms with Gasteiger partial charge in [-0.2, -0.15) is 23.4 Å². The fraction of sp³-hybridized carbons (Fsp3) is 0.625. The van der Waals surface area contributed by atoms with Crippen LogP contribution in [0.1, 0.15) is 294 Å². The van der Waals surface area contributed by atoms with Crippen molar-refractivity contribution in [1.29, 1.82) is 0 Å². The number of carbonyl (C=O) groups excluding carboxylic acids is 2. The first-order valence-electron chi connectivity index (χ1n) is 40.3. The molecule has 580 valence electrons. The van der Waals surface area contributed by atoms with Crippen molar-refractivity contribution in [3.05, 3.63) is 166 Å². The van der Waals surface area contributed by atoms with Crippen molar-refractivity contribution < 1.29 is 42.1 Å². The summed E-state index contributed by atoms with van der Waals surface area (Å²) in [5.41, 5.74) is 9.80. The number of aromatic nitrogens is 6. The molecule has 2 N–H and O–H groups in total. The number of amides is 2. The molecule has 2 amide bonds. The van der Waals surface area contributed by atoms with Crippen LogP contribution in [0.25, 0.3) is 11.0 Å². The molecule has 4 aliphatic carbocycles. The number of halogens is 3. The Hall–Kier alpha value is -7.02. The molecule has 4 aliphatic heterocycles. The summed E-state index contributed by atoms with van der Waals surface area (Å²) in [5.74, 6) is 0.284. The Morgan fingerprint density at radius 2 is 1.27 bits per heavy atom. The van der Waals surface area contributed by atoms with Crippen LogP contribution < -0.4 is 10.1 Å². The van der Waals surface area contributed by atoms with Crippen molar-refractivity contribution in [1.82, 2.24) is 44.2 Å². The highest BCUT2D eigenvalue weighted by Crippen LogP contribution is 2.64. The van der Waals surface area contributed by atoms with Gasteiger partial charge in [-0.1, -0.05) is 159 Å². The van der Waals surface area contributed by atoms with Gasteiger partial charge in [0.1, 0.15) is 28.6 Å². The average molecular weight is 1460 g/mol. The number of para-hydroxylation sites is 2. The van der Waals surface area contributed by atoms with Crippen LogP contribution in [0, 0.1) is 29.6 Å². The number of hydrogen-bond acceptors (Lipinski definition) is 10. The summed E-state index contributed by atoms with van der Waals surface area (Å²) in [6, 6.07) is 38.0. The molecular weight excluding hydrogens is 1340 g/mol. The molecule has 9 atom stereocenters. The highest BCUT2D eigenvalue weighted by molar-refractivity contribution is 5.81. The molecule has 0 bridgehead atoms. The molecule has 2 saturated carbocycles. The summed E-state index contributed by atoms with van der Waals surface area (Å²) in [6.45, 7) is 37.7. The number of aliphatic hydroxyl groups excluding tert-OH is 1. The maximum absolute atomic E-state index is 15.3. The van der Waals surface area contributed by atoms with Crippen LogP contribution in [0.15, 0.2) is 109 Å². The van der Waals surface area contributed by atoms with Gasteiger partial charge in [0.15, 0.2) is 0 Å². The quantitative estimate of drug-likeness (QED) is 0.101. The van der Waals surface area contributed by atoms with Gasteiger partial charge in [-0.15, -0.1) is 0 Å². The molecule has 15 nitrogen and oxygen atoms in total. The van der Waals surface area contributed by atoms with Crippen molar-refractivity contribution in [2.45, 2.75) is 311 Å². The predicted molar refractivity (Wildman–Crippen MR) is 418 cm³/mol. The van der Waals surface area contributed by atoms with Crippen molar-refractivity contribution >= 4 is 23.0 Å². The summed E-state index contributed by atoms with van der Waals surface area (Å²) >= 11 is 0. The summed E-state index contributed by atoms with van der Waals surface area (Å²) in [7, 11) is 0. The van der Waals surface area contributed by atoms with Gasteiger partial charge >= 0.3 is 6.09 Å². The second-order valence-corrected chi connectivity index (χ2v) is 34.1. The Morgan fingerprint density at radius 3 is 1.88 bits per heavy atom. The first kappa shape index (κ1) is 81.5. The zero-order chi connectivity index (χ0) is 76.5. The van der Waals surface area contributed by atoms with Gasteiger partial charge in [-0.3, -0.25) is 19.1 Å². The van der Waals surface area contributed by atoms with E-state index in [9.17, 15) is 23.5 Å². The molecule has 3 aromatic heterocycles. The standard InChI is InChI=1S/C18H23FN2O.C18H27NO2.C14H21NO.C13H16N2.C13H23NO.C12H16F2N2O/c1-13(2)21-16-12-8-7-11-15(16)17(20-21)18(3,19)22-14-9-5-4-6-10-14;1-13(2)15-11-12-16(14-9-7-6-8-10-14)19(15)17(20)21-18(3,4)5;1-11(2)14-8-13(9-15-14)16-10-12-6-4-3-5-7-12;1-9(2)13-14-11-7-3-5-10-6-4-8-15(13)12(10)11;1-10(2)12-8-5-9-14(12)13(15)11-6-3-4-7-11;1-5(2)16-9-8(6-4-7(6)10(9)17)11(15-16)12(3,13)14/h4-6,9-10,13H,7-8,11-12H2,1-3H3;6-10,13,15-16H,11-12H2,1-5H3;3-7,11,13-15H,8-10H2,1-2H3;3,5,7,9H,4,6,8H2,1-2H3;10-12H,3-9H2,1-2H3;5-7,10,17H,4H2,1-3H3/t;15-,16+;13-,14+;;;/m.11.../s1. The highest BCUT2D eigenvalue weighted by Gasteiger charge is 2.57. The number of carbonyl (C=O) groups is 2. The molecule has 7 aromatic rings. The van der Waals surface area contributed by atoms with Crippen molar-refractivity contribution in [3.8, 4) is 5.75 Å². The van der Waals surface area contributed by atoms with Crippen LogP contribution >= 0.6 is 0 Å². The lowest BCUT2D eigenvalue weighted by atomic mass is 9.93. The minimum atomic E-state index is -2.93. The minimum absolute atomic E-state index is 0.00741. The number of nitrogens with zero attached hydrogens (tertiary/aromatic N) is 8. The third-order valence-corrected chi connectivity index (χ3v) is 22.5. The molecule has 3 saturated heterocycles. The van der Waals surface area contributed by atoms with Gasteiger partial charge in [-0.05, 0) is 203 Å².